The third-order valence-corrected chi connectivity index (χ3v) is 1.58. The highest BCUT2D eigenvalue weighted by Gasteiger charge is 2.30. The van der Waals surface area contributed by atoms with Crippen molar-refractivity contribution in [3.63, 3.8) is 0 Å². The Morgan fingerprint density at radius 1 is 1.33 bits per heavy atom. The van der Waals surface area contributed by atoms with Crippen LogP contribution in [0.15, 0.2) is 24.3 Å². The van der Waals surface area contributed by atoms with Gasteiger partial charge in [-0.1, -0.05) is 0 Å². The van der Waals surface area contributed by atoms with Gasteiger partial charge in [0.15, 0.2) is 0 Å². The molecule has 1 N–H and O–H groups in total. The van der Waals surface area contributed by atoms with E-state index in [1.807, 2.05) is 0 Å². The second-order valence-corrected chi connectivity index (χ2v) is 2.65. The number of alkyl halides is 3. The van der Waals surface area contributed by atoms with Gasteiger partial charge in [-0.05, 0) is 24.3 Å². The Balaban J connectivity index is 0.00000225. The van der Waals surface area contributed by atoms with E-state index >= 15 is 0 Å². The van der Waals surface area contributed by atoms with Gasteiger partial charge in [-0.3, -0.25) is 4.79 Å². The third-order valence-electron chi connectivity index (χ3n) is 1.58. The van der Waals surface area contributed by atoms with Crippen molar-refractivity contribution in [1.29, 1.82) is 0 Å². The minimum atomic E-state index is -4.71. The summed E-state index contributed by atoms with van der Waals surface area (Å²) in [6, 6.07) is 4.66. The number of amides is 1. The predicted octanol–water partition coefficient (Wildman–Crippen LogP) is 2.19. The topological polar surface area (TPSA) is 38.3 Å². The molecule has 0 heterocycles. The van der Waals surface area contributed by atoms with Gasteiger partial charge in [-0.25, -0.2) is 0 Å². The number of benzene rings is 1. The van der Waals surface area contributed by atoms with Crippen LogP contribution in [0.4, 0.5) is 13.2 Å². The van der Waals surface area contributed by atoms with E-state index in [2.05, 4.69) is 10.1 Å². The Bertz CT molecular complexity index is 351. The molecule has 0 aliphatic heterocycles. The van der Waals surface area contributed by atoms with Gasteiger partial charge in [-0.2, -0.15) is 0 Å². The maximum Gasteiger partial charge on any atom is 0.573 e. The summed E-state index contributed by atoms with van der Waals surface area (Å²) >= 11 is 0. The Morgan fingerprint density at radius 3 is 2.27 bits per heavy atom. The minimum Gasteiger partial charge on any atom is -0.406 e. The summed E-state index contributed by atoms with van der Waals surface area (Å²) in [7, 11) is 1.43. The summed E-state index contributed by atoms with van der Waals surface area (Å²) in [5.74, 6) is -0.719. The lowest BCUT2D eigenvalue weighted by Gasteiger charge is -2.08. The zero-order valence-electron chi connectivity index (χ0n) is 7.76. The SMILES string of the molecule is CNC(=O)c1ccc(OC(F)(F)F)cc1.[HH]. The standard InChI is InChI=1S/C9H8F3NO2.H2/c1-13-8(14)6-2-4-7(5-3-6)15-9(10,11)12;/h2-5H,1H3,(H,13,14);1H. The highest BCUT2D eigenvalue weighted by molar-refractivity contribution is 5.94. The highest BCUT2D eigenvalue weighted by Crippen LogP contribution is 2.22. The fourth-order valence-electron chi connectivity index (χ4n) is 0.952. The Morgan fingerprint density at radius 2 is 1.87 bits per heavy atom. The van der Waals surface area contributed by atoms with Gasteiger partial charge in [0, 0.05) is 14.0 Å². The minimum absolute atomic E-state index is 0. The third kappa shape index (κ3) is 3.49. The zero-order valence-corrected chi connectivity index (χ0v) is 7.76. The summed E-state index contributed by atoms with van der Waals surface area (Å²) in [5, 5.41) is 2.35. The maximum atomic E-state index is 11.8. The van der Waals surface area contributed by atoms with E-state index in [9.17, 15) is 18.0 Å². The number of nitrogens with one attached hydrogen (secondary N) is 1. The first-order chi connectivity index (χ1) is 6.92. The van der Waals surface area contributed by atoms with Crippen molar-refractivity contribution in [2.45, 2.75) is 6.36 Å². The van der Waals surface area contributed by atoms with Crippen LogP contribution in [-0.4, -0.2) is 19.3 Å². The zero-order chi connectivity index (χ0) is 11.5. The molecule has 1 aromatic rings. The summed E-state index contributed by atoms with van der Waals surface area (Å²) in [5.41, 5.74) is 0.270. The van der Waals surface area contributed by atoms with Gasteiger partial charge in [0.1, 0.15) is 5.75 Å². The van der Waals surface area contributed by atoms with Crippen LogP contribution in [0.1, 0.15) is 11.8 Å². The molecule has 0 fully saturated rings. The second kappa shape index (κ2) is 4.20. The van der Waals surface area contributed by atoms with Crippen molar-refractivity contribution >= 4 is 5.91 Å². The Kier molecular flexibility index (Phi) is 3.18. The van der Waals surface area contributed by atoms with Gasteiger partial charge in [-0.15, -0.1) is 13.2 Å². The van der Waals surface area contributed by atoms with Crippen LogP contribution in [0.5, 0.6) is 5.75 Å². The molecule has 6 heteroatoms. The van der Waals surface area contributed by atoms with E-state index in [1.165, 1.54) is 19.2 Å². The summed E-state index contributed by atoms with van der Waals surface area (Å²) < 4.78 is 38.9. The molecule has 0 aliphatic carbocycles. The van der Waals surface area contributed by atoms with E-state index in [0.717, 1.165) is 12.1 Å². The van der Waals surface area contributed by atoms with Crippen LogP contribution in [0.2, 0.25) is 0 Å². The molecule has 84 valence electrons. The lowest BCUT2D eigenvalue weighted by Crippen LogP contribution is -2.19. The Hall–Kier alpha value is -1.72. The largest absolute Gasteiger partial charge is 0.573 e. The number of rotatable bonds is 2. The van der Waals surface area contributed by atoms with Crippen molar-refractivity contribution in [3.8, 4) is 5.75 Å². The summed E-state index contributed by atoms with van der Waals surface area (Å²) in [4.78, 5) is 11.0. The van der Waals surface area contributed by atoms with Crippen LogP contribution >= 0.6 is 0 Å². The molecular weight excluding hydrogens is 211 g/mol. The normalized spacial score (nSPS) is 10.9. The molecule has 0 aliphatic rings. The van der Waals surface area contributed by atoms with Crippen molar-refractivity contribution in [2.24, 2.45) is 0 Å². The molecule has 1 amide bonds. The molecule has 0 bridgehead atoms. The van der Waals surface area contributed by atoms with Gasteiger partial charge < -0.3 is 10.1 Å². The number of hydrogen-bond acceptors (Lipinski definition) is 2. The molecule has 0 saturated carbocycles. The summed E-state index contributed by atoms with van der Waals surface area (Å²) in [6.45, 7) is 0. The van der Waals surface area contributed by atoms with Gasteiger partial charge in [0.05, 0.1) is 0 Å². The molecule has 0 unspecified atom stereocenters. The number of hydrogen-bond donors (Lipinski definition) is 1. The molecule has 0 radical (unpaired) electrons. The molecule has 0 spiro atoms. The first-order valence-electron chi connectivity index (χ1n) is 4.00. The van der Waals surface area contributed by atoms with E-state index in [1.54, 1.807) is 0 Å². The predicted molar refractivity (Wildman–Crippen MR) is 48.6 cm³/mol. The van der Waals surface area contributed by atoms with Crippen LogP contribution in [0.25, 0.3) is 0 Å². The maximum absolute atomic E-state index is 11.8. The van der Waals surface area contributed by atoms with E-state index in [4.69, 9.17) is 0 Å². The molecule has 15 heavy (non-hydrogen) atoms. The number of halogens is 3. The van der Waals surface area contributed by atoms with Gasteiger partial charge >= 0.3 is 6.36 Å². The lowest BCUT2D eigenvalue weighted by molar-refractivity contribution is -0.274. The van der Waals surface area contributed by atoms with E-state index < -0.39 is 6.36 Å². The monoisotopic (exact) mass is 221 g/mol. The average molecular weight is 221 g/mol. The van der Waals surface area contributed by atoms with Crippen molar-refractivity contribution in [1.82, 2.24) is 5.32 Å². The molecule has 0 atom stereocenters. The van der Waals surface area contributed by atoms with Crippen molar-refractivity contribution < 1.29 is 24.1 Å². The Labute approximate surface area is 85.3 Å². The van der Waals surface area contributed by atoms with E-state index in [0.29, 0.717) is 0 Å². The average Bonchev–Trinajstić information content (AvgIpc) is 2.15. The van der Waals surface area contributed by atoms with Gasteiger partial charge in [0.25, 0.3) is 5.91 Å². The quantitative estimate of drug-likeness (QED) is 0.831. The van der Waals surface area contributed by atoms with Crippen molar-refractivity contribution in [3.05, 3.63) is 29.8 Å². The fourth-order valence-corrected chi connectivity index (χ4v) is 0.952. The molecule has 1 rings (SSSR count). The molecule has 0 aromatic heterocycles. The smallest absolute Gasteiger partial charge is 0.406 e. The fraction of sp³-hybridized carbons (Fsp3) is 0.222. The van der Waals surface area contributed by atoms with Crippen LogP contribution < -0.4 is 10.1 Å². The molecular formula is C9H10F3NO2. The second-order valence-electron chi connectivity index (χ2n) is 2.65. The van der Waals surface area contributed by atoms with Gasteiger partial charge in [0.2, 0.25) is 0 Å². The highest BCUT2D eigenvalue weighted by atomic mass is 19.4. The molecule has 1 aromatic carbocycles. The van der Waals surface area contributed by atoms with Crippen molar-refractivity contribution in [2.75, 3.05) is 7.05 Å². The number of carbonyl (C=O) groups is 1. The van der Waals surface area contributed by atoms with Crippen LogP contribution in [0.3, 0.4) is 0 Å². The number of ether oxygens (including phenoxy) is 1. The van der Waals surface area contributed by atoms with Crippen LogP contribution in [-0.2, 0) is 0 Å². The first-order valence-corrected chi connectivity index (χ1v) is 4.00. The lowest BCUT2D eigenvalue weighted by atomic mass is 10.2. The first kappa shape index (κ1) is 11.4. The summed E-state index contributed by atoms with van der Waals surface area (Å²) in [6.07, 6.45) is -4.71. The number of carbonyl (C=O) groups excluding carboxylic acids is 1. The van der Waals surface area contributed by atoms with E-state index in [-0.39, 0.29) is 18.6 Å². The molecule has 3 nitrogen and oxygen atoms in total. The molecule has 0 saturated heterocycles. The van der Waals surface area contributed by atoms with Crippen LogP contribution in [0, 0.1) is 0 Å².